The third-order valence-corrected chi connectivity index (χ3v) is 7.01. The van der Waals surface area contributed by atoms with E-state index in [0.29, 0.717) is 17.9 Å². The third kappa shape index (κ3) is 4.20. The zero-order valence-electron chi connectivity index (χ0n) is 20.3. The van der Waals surface area contributed by atoms with Gasteiger partial charge in [0.1, 0.15) is 5.82 Å². The third-order valence-electron chi connectivity index (χ3n) is 7.01. The van der Waals surface area contributed by atoms with E-state index in [0.717, 1.165) is 54.4 Å². The van der Waals surface area contributed by atoms with E-state index >= 15 is 0 Å². The first-order chi connectivity index (χ1) is 15.9. The van der Waals surface area contributed by atoms with E-state index in [1.165, 1.54) is 22.2 Å². The summed E-state index contributed by atoms with van der Waals surface area (Å²) >= 11 is 0. The molecule has 2 N–H and O–H groups in total. The van der Waals surface area contributed by atoms with Gasteiger partial charge in [-0.15, -0.1) is 0 Å². The molecular weight excluding hydrogens is 408 g/mol. The number of aryl methyl sites for hydroxylation is 1. The summed E-state index contributed by atoms with van der Waals surface area (Å²) in [4.78, 5) is 15.5. The number of likely N-dealkylation sites (tertiary alicyclic amines) is 1. The molecule has 5 rings (SSSR count). The Hall–Kier alpha value is -2.99. The fraction of sp³-hybridized carbons (Fsp3) is 0.444. The molecule has 1 aromatic carbocycles. The van der Waals surface area contributed by atoms with E-state index in [4.69, 9.17) is 4.98 Å². The minimum atomic E-state index is 0.381. The van der Waals surface area contributed by atoms with Gasteiger partial charge in [-0.25, -0.2) is 4.98 Å². The van der Waals surface area contributed by atoms with Crippen molar-refractivity contribution >= 4 is 10.9 Å². The van der Waals surface area contributed by atoms with Crippen LogP contribution in [-0.2, 0) is 0 Å². The quantitative estimate of drug-likeness (QED) is 0.395. The number of nitrogens with one attached hydrogen (secondary N) is 2. The van der Waals surface area contributed by atoms with Crippen LogP contribution in [0.4, 0.5) is 0 Å². The Labute approximate surface area is 195 Å². The Morgan fingerprint density at radius 3 is 2.48 bits per heavy atom. The van der Waals surface area contributed by atoms with Crippen LogP contribution in [-0.4, -0.2) is 49.2 Å². The molecule has 0 atom stereocenters. The summed E-state index contributed by atoms with van der Waals surface area (Å²) < 4.78 is 0. The summed E-state index contributed by atoms with van der Waals surface area (Å²) in [5, 5.41) is 9.09. The number of piperidine rings is 1. The Morgan fingerprint density at radius 1 is 1.00 bits per heavy atom. The molecular formula is C27H34N6. The summed E-state index contributed by atoms with van der Waals surface area (Å²) in [6.45, 7) is 13.3. The number of aromatic amines is 2. The molecule has 0 radical (unpaired) electrons. The normalized spacial score (nSPS) is 15.8. The van der Waals surface area contributed by atoms with E-state index in [2.05, 4.69) is 83.1 Å². The van der Waals surface area contributed by atoms with Gasteiger partial charge in [0.15, 0.2) is 5.82 Å². The van der Waals surface area contributed by atoms with E-state index in [1.54, 1.807) is 0 Å². The lowest BCUT2D eigenvalue weighted by molar-refractivity contribution is 0.169. The number of nitrogens with zero attached hydrogens (tertiary/aromatic N) is 4. The Morgan fingerprint density at radius 2 is 1.79 bits per heavy atom. The number of rotatable bonds is 5. The smallest absolute Gasteiger partial charge is 0.181 e. The predicted molar refractivity (Wildman–Crippen MR) is 134 cm³/mol. The van der Waals surface area contributed by atoms with Crippen molar-refractivity contribution in [2.24, 2.45) is 0 Å². The second kappa shape index (κ2) is 8.75. The van der Waals surface area contributed by atoms with Gasteiger partial charge < -0.3 is 9.88 Å². The molecule has 4 aromatic rings. The van der Waals surface area contributed by atoms with E-state index < -0.39 is 0 Å². The lowest BCUT2D eigenvalue weighted by Gasteiger charge is -2.33. The molecule has 1 saturated heterocycles. The van der Waals surface area contributed by atoms with Crippen LogP contribution in [0.2, 0.25) is 0 Å². The molecule has 33 heavy (non-hydrogen) atoms. The first kappa shape index (κ1) is 21.8. The highest BCUT2D eigenvalue weighted by Gasteiger charge is 2.25. The highest BCUT2D eigenvalue weighted by atomic mass is 15.2. The van der Waals surface area contributed by atoms with Crippen LogP contribution in [0, 0.1) is 6.92 Å². The number of hydrogen-bond donors (Lipinski definition) is 2. The molecule has 6 nitrogen and oxygen atoms in total. The summed E-state index contributed by atoms with van der Waals surface area (Å²) in [7, 11) is 0. The van der Waals surface area contributed by atoms with Crippen LogP contribution in [0.15, 0.2) is 36.5 Å². The molecule has 172 valence electrons. The molecule has 1 aliphatic rings. The van der Waals surface area contributed by atoms with Crippen molar-refractivity contribution in [1.29, 1.82) is 0 Å². The summed E-state index contributed by atoms with van der Waals surface area (Å²) in [6, 6.07) is 11.4. The van der Waals surface area contributed by atoms with Crippen LogP contribution in [0.1, 0.15) is 69.5 Å². The molecule has 6 heteroatoms. The van der Waals surface area contributed by atoms with Crippen LogP contribution >= 0.6 is 0 Å². The van der Waals surface area contributed by atoms with Gasteiger partial charge in [0.25, 0.3) is 0 Å². The summed E-state index contributed by atoms with van der Waals surface area (Å²) in [5.41, 5.74) is 6.90. The van der Waals surface area contributed by atoms with Crippen molar-refractivity contribution in [1.82, 2.24) is 30.0 Å². The zero-order valence-corrected chi connectivity index (χ0v) is 20.3. The second-order valence-corrected chi connectivity index (χ2v) is 9.96. The molecule has 0 spiro atoms. The standard InChI is InChI=1S/C27H34N6/c1-16(2)24-22-15-21(6-7-23(22)29-25(24)20-8-11-28-18(5)14-20)27-30-26(31-32-27)19-9-12-33(13-10-19)17(3)4/h6-8,11,14-17,19,29H,9-10,12-13H2,1-5H3,(H,30,31,32). The summed E-state index contributed by atoms with van der Waals surface area (Å²) in [6.07, 6.45) is 4.15. The maximum Gasteiger partial charge on any atom is 0.181 e. The predicted octanol–water partition coefficient (Wildman–Crippen LogP) is 6.03. The van der Waals surface area contributed by atoms with Gasteiger partial charge in [-0.05, 0) is 88.5 Å². The van der Waals surface area contributed by atoms with Crippen molar-refractivity contribution in [3.05, 3.63) is 53.6 Å². The molecule has 0 aliphatic carbocycles. The maximum atomic E-state index is 4.93. The van der Waals surface area contributed by atoms with E-state index in [-0.39, 0.29) is 0 Å². The van der Waals surface area contributed by atoms with Gasteiger partial charge in [-0.3, -0.25) is 10.1 Å². The minimum Gasteiger partial charge on any atom is -0.354 e. The lowest BCUT2D eigenvalue weighted by Crippen LogP contribution is -2.38. The van der Waals surface area contributed by atoms with Crippen LogP contribution in [0.25, 0.3) is 33.5 Å². The average Bonchev–Trinajstić information content (AvgIpc) is 3.44. The first-order valence-corrected chi connectivity index (χ1v) is 12.2. The van der Waals surface area contributed by atoms with E-state index in [1.807, 2.05) is 13.1 Å². The number of H-pyrrole nitrogens is 2. The van der Waals surface area contributed by atoms with Crippen molar-refractivity contribution in [2.45, 2.75) is 65.3 Å². The average molecular weight is 443 g/mol. The van der Waals surface area contributed by atoms with Crippen molar-refractivity contribution < 1.29 is 0 Å². The number of fused-ring (bicyclic) bond motifs is 1. The van der Waals surface area contributed by atoms with Gasteiger partial charge in [0.05, 0.1) is 5.69 Å². The first-order valence-electron chi connectivity index (χ1n) is 12.2. The fourth-order valence-electron chi connectivity index (χ4n) is 5.16. The zero-order chi connectivity index (χ0) is 23.1. The Kier molecular flexibility index (Phi) is 5.79. The second-order valence-electron chi connectivity index (χ2n) is 9.96. The summed E-state index contributed by atoms with van der Waals surface area (Å²) in [5.74, 6) is 2.66. The molecule has 0 bridgehead atoms. The van der Waals surface area contributed by atoms with Crippen LogP contribution in [0.5, 0.6) is 0 Å². The van der Waals surface area contributed by atoms with Gasteiger partial charge in [-0.2, -0.15) is 5.10 Å². The monoisotopic (exact) mass is 442 g/mol. The van der Waals surface area contributed by atoms with Crippen molar-refractivity contribution in [3.8, 4) is 22.6 Å². The fourth-order valence-corrected chi connectivity index (χ4v) is 5.16. The number of pyridine rings is 1. The van der Waals surface area contributed by atoms with Gasteiger partial charge in [-0.1, -0.05) is 13.8 Å². The molecule has 3 aromatic heterocycles. The number of hydrogen-bond acceptors (Lipinski definition) is 4. The number of benzene rings is 1. The maximum absolute atomic E-state index is 4.93. The highest BCUT2D eigenvalue weighted by Crippen LogP contribution is 2.37. The van der Waals surface area contributed by atoms with Crippen LogP contribution in [0.3, 0.4) is 0 Å². The molecule has 0 saturated carbocycles. The molecule has 4 heterocycles. The molecule has 0 unspecified atom stereocenters. The highest BCUT2D eigenvalue weighted by molar-refractivity contribution is 5.93. The Balaban J connectivity index is 1.47. The van der Waals surface area contributed by atoms with Crippen molar-refractivity contribution in [3.63, 3.8) is 0 Å². The topological polar surface area (TPSA) is 73.5 Å². The van der Waals surface area contributed by atoms with Crippen LogP contribution < -0.4 is 0 Å². The Bertz CT molecular complexity index is 1260. The lowest BCUT2D eigenvalue weighted by atomic mass is 9.95. The van der Waals surface area contributed by atoms with Gasteiger partial charge >= 0.3 is 0 Å². The van der Waals surface area contributed by atoms with Crippen molar-refractivity contribution in [2.75, 3.05) is 13.1 Å². The molecule has 1 aliphatic heterocycles. The SMILES string of the molecule is Cc1cc(-c2[nH]c3ccc(-c4n[nH]c(C5CCN(C(C)C)CC5)n4)cc3c2C(C)C)ccn1. The minimum absolute atomic E-state index is 0.381. The number of aromatic nitrogens is 5. The van der Waals surface area contributed by atoms with E-state index in [9.17, 15) is 0 Å². The largest absolute Gasteiger partial charge is 0.354 e. The van der Waals surface area contributed by atoms with Gasteiger partial charge in [0, 0.05) is 45.9 Å². The van der Waals surface area contributed by atoms with Gasteiger partial charge in [0.2, 0.25) is 0 Å². The molecule has 1 fully saturated rings. The molecule has 0 amide bonds.